The number of amides is 2. The molecule has 1 aliphatic heterocycles. The van der Waals surface area contributed by atoms with E-state index in [1.165, 1.54) is 4.90 Å². The molecule has 0 bridgehead atoms. The van der Waals surface area contributed by atoms with Crippen molar-refractivity contribution in [3.8, 4) is 0 Å². The highest BCUT2D eigenvalue weighted by molar-refractivity contribution is 9.12. The van der Waals surface area contributed by atoms with Crippen molar-refractivity contribution in [3.63, 3.8) is 0 Å². The fourth-order valence-electron chi connectivity index (χ4n) is 3.19. The number of imide groups is 1. The molecule has 23 heavy (non-hydrogen) atoms. The molecule has 0 aromatic heterocycles. The van der Waals surface area contributed by atoms with Gasteiger partial charge in [0, 0.05) is 20.4 Å². The number of rotatable bonds is 3. The van der Waals surface area contributed by atoms with E-state index in [0.717, 1.165) is 11.3 Å². The van der Waals surface area contributed by atoms with Crippen LogP contribution in [0.2, 0.25) is 5.02 Å². The van der Waals surface area contributed by atoms with Gasteiger partial charge in [0.05, 0.1) is 18.5 Å². The first kappa shape index (κ1) is 17.2. The van der Waals surface area contributed by atoms with Crippen LogP contribution in [0.4, 0.5) is 5.69 Å². The Morgan fingerprint density at radius 2 is 1.74 bits per heavy atom. The molecule has 7 heteroatoms. The monoisotopic (exact) mass is 462 g/mol. The van der Waals surface area contributed by atoms with E-state index in [0.29, 0.717) is 17.9 Å². The van der Waals surface area contributed by atoms with Gasteiger partial charge in [-0.1, -0.05) is 49.5 Å². The Hall–Kier alpha value is -0.590. The summed E-state index contributed by atoms with van der Waals surface area (Å²) >= 11 is 13.3. The Morgan fingerprint density at radius 3 is 2.26 bits per heavy atom. The molecule has 0 spiro atoms. The van der Waals surface area contributed by atoms with Crippen LogP contribution in [0.25, 0.3) is 0 Å². The number of nitrogens with zero attached hydrogens (tertiary/aromatic N) is 1. The first-order valence-corrected chi connectivity index (χ1v) is 9.73. The second-order valence-electron chi connectivity index (χ2n) is 6.12. The minimum atomic E-state index is -0.205. The van der Waals surface area contributed by atoms with Gasteiger partial charge in [0.15, 0.2) is 0 Å². The zero-order valence-electron chi connectivity index (χ0n) is 12.6. The molecule has 2 amide bonds. The maximum absolute atomic E-state index is 12.5. The lowest BCUT2D eigenvalue weighted by molar-refractivity contribution is -0.139. The van der Waals surface area contributed by atoms with Crippen molar-refractivity contribution in [2.24, 2.45) is 11.8 Å². The summed E-state index contributed by atoms with van der Waals surface area (Å²) in [4.78, 5) is 26.9. The minimum absolute atomic E-state index is 0.0745. The summed E-state index contributed by atoms with van der Waals surface area (Å²) in [7, 11) is 0. The number of anilines is 1. The third-order valence-electron chi connectivity index (χ3n) is 4.62. The molecule has 4 atom stereocenters. The summed E-state index contributed by atoms with van der Waals surface area (Å²) in [6.45, 7) is 2.11. The summed E-state index contributed by atoms with van der Waals surface area (Å²) in [5.74, 6) is -0.558. The molecule has 1 aliphatic carbocycles. The molecule has 0 unspecified atom stereocenters. The number of carbonyl (C=O) groups is 2. The number of hydrogen-bond acceptors (Lipinski definition) is 3. The molecule has 2 aliphatic rings. The second kappa shape index (κ2) is 6.73. The Kier molecular flexibility index (Phi) is 5.04. The molecule has 1 aromatic rings. The predicted molar refractivity (Wildman–Crippen MR) is 98.2 cm³/mol. The average Bonchev–Trinajstić information content (AvgIpc) is 2.73. The first-order valence-electron chi connectivity index (χ1n) is 7.52. The molecular weight excluding hydrogens is 447 g/mol. The van der Waals surface area contributed by atoms with Crippen molar-refractivity contribution in [1.82, 2.24) is 4.90 Å². The number of benzene rings is 1. The van der Waals surface area contributed by atoms with Gasteiger partial charge in [-0.25, -0.2) is 0 Å². The van der Waals surface area contributed by atoms with E-state index in [-0.39, 0.29) is 40.0 Å². The molecular formula is C16H17Br2ClN2O2. The van der Waals surface area contributed by atoms with E-state index in [4.69, 9.17) is 11.6 Å². The number of carbonyl (C=O) groups excluding carboxylic acids is 2. The second-order valence-corrected chi connectivity index (χ2v) is 8.88. The van der Waals surface area contributed by atoms with Crippen LogP contribution < -0.4 is 5.32 Å². The molecule has 1 saturated heterocycles. The quantitative estimate of drug-likeness (QED) is 0.545. The molecule has 1 aromatic carbocycles. The number of nitrogens with one attached hydrogen (secondary N) is 1. The number of hydrogen-bond donors (Lipinski definition) is 1. The predicted octanol–water partition coefficient (Wildman–Crippen LogP) is 3.94. The highest BCUT2D eigenvalue weighted by Gasteiger charge is 2.51. The van der Waals surface area contributed by atoms with Crippen molar-refractivity contribution < 1.29 is 9.59 Å². The van der Waals surface area contributed by atoms with Gasteiger partial charge in [0.2, 0.25) is 11.8 Å². The standard InChI is InChI=1S/C16H17Br2ClN2O2/c1-8-2-3-9(4-14(8)19)20-7-21-15(22)10-5-12(17)13(18)6-11(10)16(21)23/h2-4,10-13,20H,5-7H2,1H3/t10-,11-,12+,13+/m1/s1. The highest BCUT2D eigenvalue weighted by atomic mass is 79.9. The van der Waals surface area contributed by atoms with Crippen LogP contribution in [0, 0.1) is 18.8 Å². The summed E-state index contributed by atoms with van der Waals surface area (Å²) in [5, 5.41) is 3.78. The molecule has 0 radical (unpaired) electrons. The molecule has 3 rings (SSSR count). The molecule has 4 nitrogen and oxygen atoms in total. The maximum Gasteiger partial charge on any atom is 0.234 e. The zero-order chi connectivity index (χ0) is 16.7. The average molecular weight is 465 g/mol. The lowest BCUT2D eigenvalue weighted by Gasteiger charge is -2.29. The Bertz CT molecular complexity index is 627. The van der Waals surface area contributed by atoms with Crippen molar-refractivity contribution in [1.29, 1.82) is 0 Å². The van der Waals surface area contributed by atoms with Crippen molar-refractivity contribution in [2.75, 3.05) is 12.0 Å². The largest absolute Gasteiger partial charge is 0.367 e. The van der Waals surface area contributed by atoms with Gasteiger partial charge in [0.25, 0.3) is 0 Å². The third-order valence-corrected chi connectivity index (χ3v) is 7.76. The lowest BCUT2D eigenvalue weighted by Crippen LogP contribution is -2.35. The minimum Gasteiger partial charge on any atom is -0.367 e. The van der Waals surface area contributed by atoms with Crippen molar-refractivity contribution in [2.45, 2.75) is 29.4 Å². The fraction of sp³-hybridized carbons (Fsp3) is 0.500. The smallest absolute Gasteiger partial charge is 0.234 e. The van der Waals surface area contributed by atoms with Gasteiger partial charge >= 0.3 is 0 Å². The van der Waals surface area contributed by atoms with E-state index >= 15 is 0 Å². The fourth-order valence-corrected chi connectivity index (χ4v) is 4.61. The SMILES string of the molecule is Cc1ccc(NCN2C(=O)[C@@H]3C[C@H](Br)[C@@H](Br)C[C@H]3C2=O)cc1Cl. The Labute approximate surface area is 157 Å². The van der Waals surface area contributed by atoms with Crippen LogP contribution in [-0.4, -0.2) is 33.0 Å². The van der Waals surface area contributed by atoms with E-state index in [1.807, 2.05) is 19.1 Å². The van der Waals surface area contributed by atoms with Crippen LogP contribution in [0.1, 0.15) is 18.4 Å². The number of alkyl halides is 2. The van der Waals surface area contributed by atoms with Crippen LogP contribution >= 0.6 is 43.5 Å². The topological polar surface area (TPSA) is 49.4 Å². The van der Waals surface area contributed by atoms with Crippen LogP contribution in [0.15, 0.2) is 18.2 Å². The van der Waals surface area contributed by atoms with Gasteiger partial charge in [-0.05, 0) is 37.5 Å². The third kappa shape index (κ3) is 3.30. The van der Waals surface area contributed by atoms with Crippen LogP contribution in [0.3, 0.4) is 0 Å². The lowest BCUT2D eigenvalue weighted by atomic mass is 9.81. The van der Waals surface area contributed by atoms with E-state index in [2.05, 4.69) is 37.2 Å². The van der Waals surface area contributed by atoms with Gasteiger partial charge in [0.1, 0.15) is 0 Å². The van der Waals surface area contributed by atoms with Crippen LogP contribution in [0.5, 0.6) is 0 Å². The van der Waals surface area contributed by atoms with Crippen molar-refractivity contribution in [3.05, 3.63) is 28.8 Å². The molecule has 1 N–H and O–H groups in total. The summed E-state index contributed by atoms with van der Waals surface area (Å²) in [5.41, 5.74) is 1.79. The number of fused-ring (bicyclic) bond motifs is 1. The number of halogens is 3. The summed E-state index contributed by atoms with van der Waals surface area (Å²) in [6, 6.07) is 5.60. The molecule has 1 saturated carbocycles. The van der Waals surface area contributed by atoms with Gasteiger partial charge in [-0.15, -0.1) is 0 Å². The highest BCUT2D eigenvalue weighted by Crippen LogP contribution is 2.43. The van der Waals surface area contributed by atoms with E-state index in [1.54, 1.807) is 6.07 Å². The molecule has 124 valence electrons. The van der Waals surface area contributed by atoms with Gasteiger partial charge < -0.3 is 5.32 Å². The number of likely N-dealkylation sites (tertiary alicyclic amines) is 1. The number of aryl methyl sites for hydroxylation is 1. The van der Waals surface area contributed by atoms with E-state index in [9.17, 15) is 9.59 Å². The normalized spacial score (nSPS) is 30.5. The molecule has 1 heterocycles. The maximum atomic E-state index is 12.5. The van der Waals surface area contributed by atoms with Gasteiger partial charge in [-0.2, -0.15) is 0 Å². The van der Waals surface area contributed by atoms with Gasteiger partial charge in [-0.3, -0.25) is 14.5 Å². The van der Waals surface area contributed by atoms with Crippen LogP contribution in [-0.2, 0) is 9.59 Å². The van der Waals surface area contributed by atoms with E-state index < -0.39 is 0 Å². The Morgan fingerprint density at radius 1 is 1.17 bits per heavy atom. The summed E-state index contributed by atoms with van der Waals surface area (Å²) in [6.07, 6.45) is 1.38. The molecule has 2 fully saturated rings. The zero-order valence-corrected chi connectivity index (χ0v) is 16.5. The summed E-state index contributed by atoms with van der Waals surface area (Å²) < 4.78 is 0. The van der Waals surface area contributed by atoms with Crippen molar-refractivity contribution >= 4 is 61.0 Å². The Balaban J connectivity index is 1.70. The first-order chi connectivity index (χ1) is 10.9.